The molecule has 0 unspecified atom stereocenters. The van der Waals surface area contributed by atoms with Gasteiger partial charge in [0.15, 0.2) is 0 Å². The first-order valence-corrected chi connectivity index (χ1v) is 10.9. The van der Waals surface area contributed by atoms with Crippen molar-refractivity contribution in [2.75, 3.05) is 0 Å². The van der Waals surface area contributed by atoms with Crippen LogP contribution in [0, 0.1) is 11.8 Å². The first-order chi connectivity index (χ1) is 10.9. The van der Waals surface area contributed by atoms with Crippen LogP contribution in [0.15, 0.2) is 0 Å². The highest BCUT2D eigenvalue weighted by atomic mass is 14.3. The average molecular weight is 309 g/mol. The van der Waals surface area contributed by atoms with Gasteiger partial charge in [-0.05, 0) is 11.8 Å². The van der Waals surface area contributed by atoms with Crippen molar-refractivity contribution in [2.24, 2.45) is 11.8 Å². The Balaban J connectivity index is 2.06. The van der Waals surface area contributed by atoms with E-state index < -0.39 is 0 Å². The molecule has 0 heteroatoms. The largest absolute Gasteiger partial charge is 0.0654 e. The lowest BCUT2D eigenvalue weighted by atomic mass is 9.74. The molecule has 1 rings (SSSR count). The highest BCUT2D eigenvalue weighted by Gasteiger charge is 2.23. The molecule has 1 aliphatic carbocycles. The monoisotopic (exact) mass is 308 g/mol. The van der Waals surface area contributed by atoms with Crippen LogP contribution in [-0.4, -0.2) is 0 Å². The molecule has 1 aliphatic rings. The molecule has 0 bridgehead atoms. The van der Waals surface area contributed by atoms with Crippen LogP contribution in [0.2, 0.25) is 0 Å². The molecule has 0 nitrogen and oxygen atoms in total. The SMILES string of the molecule is CCCCCCCC[C@@H]1CCCC[C@H]1CCCCCCCC. The van der Waals surface area contributed by atoms with Crippen molar-refractivity contribution in [1.29, 1.82) is 0 Å². The van der Waals surface area contributed by atoms with Gasteiger partial charge < -0.3 is 0 Å². The molecule has 0 aromatic carbocycles. The van der Waals surface area contributed by atoms with Gasteiger partial charge in [0.25, 0.3) is 0 Å². The lowest BCUT2D eigenvalue weighted by molar-refractivity contribution is 0.202. The van der Waals surface area contributed by atoms with E-state index in [1.165, 1.54) is 89.9 Å². The van der Waals surface area contributed by atoms with Gasteiger partial charge in [-0.25, -0.2) is 0 Å². The van der Waals surface area contributed by atoms with E-state index in [1.807, 2.05) is 0 Å². The van der Waals surface area contributed by atoms with Gasteiger partial charge in [-0.2, -0.15) is 0 Å². The average Bonchev–Trinajstić information content (AvgIpc) is 2.55. The van der Waals surface area contributed by atoms with Crippen LogP contribution in [0.25, 0.3) is 0 Å². The standard InChI is InChI=1S/C22H44/c1-3-5-7-9-11-13-17-21-19-15-16-20-22(21)18-14-12-10-8-6-4-2/h21-22H,3-20H2,1-2H3/t21-,22-/m1/s1. The Morgan fingerprint density at radius 1 is 0.500 bits per heavy atom. The fraction of sp³-hybridized carbons (Fsp3) is 1.00. The van der Waals surface area contributed by atoms with Crippen LogP contribution in [0.4, 0.5) is 0 Å². The molecule has 0 aromatic rings. The Kier molecular flexibility index (Phi) is 13.3. The molecule has 0 aromatic heterocycles. The predicted octanol–water partition coefficient (Wildman–Crippen LogP) is 8.29. The van der Waals surface area contributed by atoms with E-state index >= 15 is 0 Å². The fourth-order valence-corrected chi connectivity index (χ4v) is 4.42. The van der Waals surface area contributed by atoms with Gasteiger partial charge in [-0.3, -0.25) is 0 Å². The van der Waals surface area contributed by atoms with Crippen LogP contribution in [-0.2, 0) is 0 Å². The molecular weight excluding hydrogens is 264 g/mol. The maximum Gasteiger partial charge on any atom is -0.0386 e. The molecule has 1 saturated carbocycles. The second kappa shape index (κ2) is 14.6. The number of rotatable bonds is 14. The first-order valence-electron chi connectivity index (χ1n) is 10.9. The van der Waals surface area contributed by atoms with Crippen LogP contribution < -0.4 is 0 Å². The summed E-state index contributed by atoms with van der Waals surface area (Å²) in [6, 6.07) is 0. The van der Waals surface area contributed by atoms with Gasteiger partial charge in [0.2, 0.25) is 0 Å². The third kappa shape index (κ3) is 9.90. The molecule has 0 spiro atoms. The molecular formula is C22H44. The summed E-state index contributed by atoms with van der Waals surface area (Å²) < 4.78 is 0. The first kappa shape index (κ1) is 20.0. The number of unbranched alkanes of at least 4 members (excludes halogenated alkanes) is 10. The number of hydrogen-bond acceptors (Lipinski definition) is 0. The summed E-state index contributed by atoms with van der Waals surface area (Å²) >= 11 is 0. The topological polar surface area (TPSA) is 0 Å². The molecule has 1 fully saturated rings. The Morgan fingerprint density at radius 2 is 0.864 bits per heavy atom. The van der Waals surface area contributed by atoms with Gasteiger partial charge in [0.1, 0.15) is 0 Å². The van der Waals surface area contributed by atoms with Crippen molar-refractivity contribution in [3.05, 3.63) is 0 Å². The summed E-state index contributed by atoms with van der Waals surface area (Å²) in [6.07, 6.45) is 26.9. The zero-order valence-electron chi connectivity index (χ0n) is 15.9. The highest BCUT2D eigenvalue weighted by Crippen LogP contribution is 2.36. The smallest absolute Gasteiger partial charge is 0.0386 e. The summed E-state index contributed by atoms with van der Waals surface area (Å²) in [5.41, 5.74) is 0. The van der Waals surface area contributed by atoms with E-state index in [0.717, 1.165) is 11.8 Å². The summed E-state index contributed by atoms with van der Waals surface area (Å²) in [6.45, 7) is 4.63. The van der Waals surface area contributed by atoms with Crippen LogP contribution in [0.5, 0.6) is 0 Å². The normalized spacial score (nSPS) is 22.1. The zero-order chi connectivity index (χ0) is 15.9. The van der Waals surface area contributed by atoms with Gasteiger partial charge >= 0.3 is 0 Å². The van der Waals surface area contributed by atoms with E-state index in [0.29, 0.717) is 0 Å². The maximum atomic E-state index is 2.31. The van der Waals surface area contributed by atoms with Crippen LogP contribution >= 0.6 is 0 Å². The lowest BCUT2D eigenvalue weighted by Crippen LogP contribution is -2.19. The summed E-state index contributed by atoms with van der Waals surface area (Å²) in [7, 11) is 0. The van der Waals surface area contributed by atoms with Gasteiger partial charge in [0.05, 0.1) is 0 Å². The molecule has 0 heterocycles. The second-order valence-electron chi connectivity index (χ2n) is 7.92. The van der Waals surface area contributed by atoms with Crippen molar-refractivity contribution < 1.29 is 0 Å². The minimum Gasteiger partial charge on any atom is -0.0654 e. The fourth-order valence-electron chi connectivity index (χ4n) is 4.42. The van der Waals surface area contributed by atoms with Crippen LogP contribution in [0.1, 0.15) is 129 Å². The minimum atomic E-state index is 1.09. The Bertz CT molecular complexity index is 196. The number of hydrogen-bond donors (Lipinski definition) is 0. The Hall–Kier alpha value is 0. The van der Waals surface area contributed by atoms with Crippen molar-refractivity contribution >= 4 is 0 Å². The highest BCUT2D eigenvalue weighted by molar-refractivity contribution is 4.75. The second-order valence-corrected chi connectivity index (χ2v) is 7.92. The van der Waals surface area contributed by atoms with E-state index in [9.17, 15) is 0 Å². The molecule has 22 heavy (non-hydrogen) atoms. The van der Waals surface area contributed by atoms with E-state index in [4.69, 9.17) is 0 Å². The van der Waals surface area contributed by atoms with E-state index in [1.54, 1.807) is 25.7 Å². The molecule has 0 radical (unpaired) electrons. The molecule has 0 N–H and O–H groups in total. The van der Waals surface area contributed by atoms with Crippen molar-refractivity contribution in [3.8, 4) is 0 Å². The lowest BCUT2D eigenvalue weighted by Gasteiger charge is -2.32. The molecule has 2 atom stereocenters. The Morgan fingerprint density at radius 3 is 1.27 bits per heavy atom. The Labute approximate surface area is 141 Å². The summed E-state index contributed by atoms with van der Waals surface area (Å²) in [5.74, 6) is 2.19. The van der Waals surface area contributed by atoms with E-state index in [2.05, 4.69) is 13.8 Å². The van der Waals surface area contributed by atoms with Gasteiger partial charge in [-0.15, -0.1) is 0 Å². The van der Waals surface area contributed by atoms with Crippen molar-refractivity contribution in [1.82, 2.24) is 0 Å². The summed E-state index contributed by atoms with van der Waals surface area (Å²) in [5, 5.41) is 0. The van der Waals surface area contributed by atoms with E-state index in [-0.39, 0.29) is 0 Å². The summed E-state index contributed by atoms with van der Waals surface area (Å²) in [4.78, 5) is 0. The van der Waals surface area contributed by atoms with Gasteiger partial charge in [-0.1, -0.05) is 129 Å². The van der Waals surface area contributed by atoms with Crippen LogP contribution in [0.3, 0.4) is 0 Å². The predicted molar refractivity (Wildman–Crippen MR) is 101 cm³/mol. The van der Waals surface area contributed by atoms with Crippen molar-refractivity contribution in [3.63, 3.8) is 0 Å². The molecule has 0 amide bonds. The molecule has 0 saturated heterocycles. The molecule has 0 aliphatic heterocycles. The third-order valence-electron chi connectivity index (χ3n) is 5.92. The maximum absolute atomic E-state index is 2.31. The molecule has 132 valence electrons. The minimum absolute atomic E-state index is 1.09. The zero-order valence-corrected chi connectivity index (χ0v) is 15.9. The third-order valence-corrected chi connectivity index (χ3v) is 5.92. The van der Waals surface area contributed by atoms with Crippen molar-refractivity contribution in [2.45, 2.75) is 129 Å². The quantitative estimate of drug-likeness (QED) is 0.283. The van der Waals surface area contributed by atoms with Gasteiger partial charge in [0, 0.05) is 0 Å².